The molecule has 0 aliphatic rings. The van der Waals surface area contributed by atoms with Gasteiger partial charge in [-0.1, -0.05) is 23.8 Å². The van der Waals surface area contributed by atoms with E-state index in [1.54, 1.807) is 26.0 Å². The van der Waals surface area contributed by atoms with Gasteiger partial charge < -0.3 is 5.11 Å². The number of carboxylic acids is 1. The number of nitrogens with zero attached hydrogens (tertiary/aromatic N) is 1. The lowest BCUT2D eigenvalue weighted by molar-refractivity contribution is -0.139. The van der Waals surface area contributed by atoms with Crippen LogP contribution in [0.1, 0.15) is 36.0 Å². The number of alkyl halides is 3. The number of benzene rings is 2. The van der Waals surface area contributed by atoms with Crippen LogP contribution in [0.3, 0.4) is 0 Å². The SMILES string of the molecule is C=C(C)CC(C(=O)O)c1cc(-c2ccc(C(F)(F)F)cc2)nc(-c2ccc(C)cc2F)c1. The van der Waals surface area contributed by atoms with Crippen molar-refractivity contribution in [1.29, 1.82) is 0 Å². The second kappa shape index (κ2) is 8.94. The van der Waals surface area contributed by atoms with E-state index in [2.05, 4.69) is 11.6 Å². The van der Waals surface area contributed by atoms with Gasteiger partial charge in [-0.3, -0.25) is 4.79 Å². The van der Waals surface area contributed by atoms with Gasteiger partial charge in [0, 0.05) is 11.1 Å². The molecule has 0 saturated heterocycles. The lowest BCUT2D eigenvalue weighted by Crippen LogP contribution is -2.13. The molecule has 3 rings (SSSR count). The average molecular weight is 443 g/mol. The van der Waals surface area contributed by atoms with Crippen LogP contribution in [0.15, 0.2) is 66.7 Å². The smallest absolute Gasteiger partial charge is 0.416 e. The molecule has 0 radical (unpaired) electrons. The van der Waals surface area contributed by atoms with Gasteiger partial charge in [0.25, 0.3) is 0 Å². The van der Waals surface area contributed by atoms with E-state index in [9.17, 15) is 27.5 Å². The molecule has 7 heteroatoms. The average Bonchev–Trinajstić information content (AvgIpc) is 2.71. The first-order chi connectivity index (χ1) is 15.0. The highest BCUT2D eigenvalue weighted by Crippen LogP contribution is 2.34. The topological polar surface area (TPSA) is 50.2 Å². The third kappa shape index (κ3) is 5.22. The Kier molecular flexibility index (Phi) is 6.48. The molecule has 0 fully saturated rings. The van der Waals surface area contributed by atoms with Gasteiger partial charge in [-0.2, -0.15) is 13.2 Å². The molecule has 1 unspecified atom stereocenters. The van der Waals surface area contributed by atoms with E-state index in [-0.39, 0.29) is 23.4 Å². The van der Waals surface area contributed by atoms with Crippen molar-refractivity contribution in [2.45, 2.75) is 32.4 Å². The Balaban J connectivity index is 2.20. The van der Waals surface area contributed by atoms with Gasteiger partial charge in [0.2, 0.25) is 0 Å². The molecule has 0 aliphatic carbocycles. The molecule has 3 aromatic rings. The molecule has 1 N–H and O–H groups in total. The summed E-state index contributed by atoms with van der Waals surface area (Å²) in [5.74, 6) is -2.58. The summed E-state index contributed by atoms with van der Waals surface area (Å²) < 4.78 is 53.5. The largest absolute Gasteiger partial charge is 0.481 e. The van der Waals surface area contributed by atoms with Crippen LogP contribution in [-0.2, 0) is 11.0 Å². The molecule has 32 heavy (non-hydrogen) atoms. The van der Waals surface area contributed by atoms with Crippen molar-refractivity contribution < 1.29 is 27.5 Å². The maximum Gasteiger partial charge on any atom is 0.416 e. The fourth-order valence-corrected chi connectivity index (χ4v) is 3.39. The Morgan fingerprint density at radius 3 is 2.22 bits per heavy atom. The van der Waals surface area contributed by atoms with Crippen molar-refractivity contribution in [3.63, 3.8) is 0 Å². The van der Waals surface area contributed by atoms with Crippen LogP contribution in [0.4, 0.5) is 17.6 Å². The Morgan fingerprint density at radius 1 is 1.06 bits per heavy atom. The molecule has 0 bridgehead atoms. The molecule has 0 amide bonds. The second-order valence-electron chi connectivity index (χ2n) is 7.78. The summed E-state index contributed by atoms with van der Waals surface area (Å²) in [4.78, 5) is 16.4. The minimum absolute atomic E-state index is 0.154. The first-order valence-corrected chi connectivity index (χ1v) is 9.79. The number of carboxylic acid groups (broad SMARTS) is 1. The quantitative estimate of drug-likeness (QED) is 0.329. The van der Waals surface area contributed by atoms with Crippen LogP contribution in [0.25, 0.3) is 22.5 Å². The molecule has 3 nitrogen and oxygen atoms in total. The van der Waals surface area contributed by atoms with Gasteiger partial charge in [0.05, 0.1) is 22.9 Å². The van der Waals surface area contributed by atoms with Crippen LogP contribution in [0.2, 0.25) is 0 Å². The van der Waals surface area contributed by atoms with Gasteiger partial charge in [0.1, 0.15) is 5.82 Å². The van der Waals surface area contributed by atoms with Crippen LogP contribution in [-0.4, -0.2) is 16.1 Å². The maximum absolute atomic E-state index is 14.7. The predicted molar refractivity (Wildman–Crippen MR) is 115 cm³/mol. The third-order valence-electron chi connectivity index (χ3n) is 5.01. The number of hydrogen-bond acceptors (Lipinski definition) is 2. The lowest BCUT2D eigenvalue weighted by atomic mass is 9.90. The molecule has 0 spiro atoms. The first-order valence-electron chi connectivity index (χ1n) is 9.79. The number of halogens is 4. The fourth-order valence-electron chi connectivity index (χ4n) is 3.39. The first kappa shape index (κ1) is 23.2. The van der Waals surface area contributed by atoms with E-state index in [0.29, 0.717) is 22.3 Å². The molecule has 1 heterocycles. The van der Waals surface area contributed by atoms with Crippen LogP contribution in [0, 0.1) is 12.7 Å². The molecule has 0 saturated carbocycles. The minimum Gasteiger partial charge on any atom is -0.481 e. The van der Waals surface area contributed by atoms with E-state index < -0.39 is 29.4 Å². The maximum atomic E-state index is 14.7. The van der Waals surface area contributed by atoms with Crippen LogP contribution in [0.5, 0.6) is 0 Å². The van der Waals surface area contributed by atoms with Gasteiger partial charge in [-0.15, -0.1) is 6.58 Å². The lowest BCUT2D eigenvalue weighted by Gasteiger charge is -2.16. The molecule has 1 aromatic heterocycles. The van der Waals surface area contributed by atoms with Gasteiger partial charge in [-0.25, -0.2) is 9.37 Å². The fraction of sp³-hybridized carbons (Fsp3) is 0.200. The molecule has 166 valence electrons. The zero-order chi connectivity index (χ0) is 23.6. The summed E-state index contributed by atoms with van der Waals surface area (Å²) in [5, 5.41) is 9.75. The third-order valence-corrected chi connectivity index (χ3v) is 5.01. The summed E-state index contributed by atoms with van der Waals surface area (Å²) in [5.41, 5.74) is 1.87. The molecule has 1 atom stereocenters. The van der Waals surface area contributed by atoms with Gasteiger partial charge in [-0.05, 0) is 67.8 Å². The standard InChI is InChI=1S/C25H21F4NO2/c1-14(2)10-20(24(31)32)17-12-22(16-5-7-18(8-6-16)25(27,28)29)30-23(13-17)19-9-4-15(3)11-21(19)26/h4-9,11-13,20H,1,10H2,2-3H3,(H,31,32). The van der Waals surface area contributed by atoms with Crippen molar-refractivity contribution in [2.24, 2.45) is 0 Å². The van der Waals surface area contributed by atoms with Gasteiger partial charge in [0.15, 0.2) is 0 Å². The second-order valence-corrected chi connectivity index (χ2v) is 7.78. The summed E-state index contributed by atoms with van der Waals surface area (Å²) >= 11 is 0. The molecular weight excluding hydrogens is 422 g/mol. The Hall–Kier alpha value is -3.48. The normalized spacial score (nSPS) is 12.4. The van der Waals surface area contributed by atoms with E-state index >= 15 is 0 Å². The zero-order valence-electron chi connectivity index (χ0n) is 17.5. The summed E-state index contributed by atoms with van der Waals surface area (Å²) in [6.07, 6.45) is -4.33. The molecule has 2 aromatic carbocycles. The monoisotopic (exact) mass is 443 g/mol. The van der Waals surface area contributed by atoms with E-state index in [4.69, 9.17) is 0 Å². The van der Waals surface area contributed by atoms with Crippen molar-refractivity contribution in [3.8, 4) is 22.5 Å². The molecular formula is C25H21F4NO2. The highest BCUT2D eigenvalue weighted by atomic mass is 19.4. The van der Waals surface area contributed by atoms with Crippen LogP contribution >= 0.6 is 0 Å². The number of hydrogen-bond donors (Lipinski definition) is 1. The summed E-state index contributed by atoms with van der Waals surface area (Å²) in [7, 11) is 0. The highest BCUT2D eigenvalue weighted by Gasteiger charge is 2.30. The number of allylic oxidation sites excluding steroid dienone is 1. The molecule has 0 aliphatic heterocycles. The van der Waals surface area contributed by atoms with Crippen molar-refractivity contribution in [2.75, 3.05) is 0 Å². The number of aliphatic carboxylic acids is 1. The Labute approximate surface area is 183 Å². The predicted octanol–water partition coefficient (Wildman–Crippen LogP) is 7.02. The summed E-state index contributed by atoms with van der Waals surface area (Å²) in [6.45, 7) is 7.21. The Morgan fingerprint density at radius 2 is 1.69 bits per heavy atom. The number of rotatable bonds is 6. The number of carbonyl (C=O) groups is 1. The summed E-state index contributed by atoms with van der Waals surface area (Å²) in [6, 6.07) is 12.0. The van der Waals surface area contributed by atoms with E-state index in [1.165, 1.54) is 30.3 Å². The van der Waals surface area contributed by atoms with E-state index in [0.717, 1.165) is 12.1 Å². The zero-order valence-corrected chi connectivity index (χ0v) is 17.5. The number of aryl methyl sites for hydroxylation is 1. The Bertz CT molecular complexity index is 1170. The minimum atomic E-state index is -4.49. The van der Waals surface area contributed by atoms with Crippen LogP contribution < -0.4 is 0 Å². The van der Waals surface area contributed by atoms with Gasteiger partial charge >= 0.3 is 12.1 Å². The van der Waals surface area contributed by atoms with Crippen molar-refractivity contribution in [3.05, 3.63) is 89.3 Å². The van der Waals surface area contributed by atoms with Crippen molar-refractivity contribution >= 4 is 5.97 Å². The highest BCUT2D eigenvalue weighted by molar-refractivity contribution is 5.79. The van der Waals surface area contributed by atoms with Crippen molar-refractivity contribution in [1.82, 2.24) is 4.98 Å². The van der Waals surface area contributed by atoms with E-state index in [1.807, 2.05) is 0 Å². The number of pyridine rings is 1. The number of aromatic nitrogens is 1.